The van der Waals surface area contributed by atoms with Gasteiger partial charge in [0.2, 0.25) is 0 Å². The van der Waals surface area contributed by atoms with Crippen LogP contribution in [0.1, 0.15) is 29.5 Å². The van der Waals surface area contributed by atoms with Crippen molar-refractivity contribution in [1.82, 2.24) is 4.90 Å². The van der Waals surface area contributed by atoms with Crippen molar-refractivity contribution in [2.75, 3.05) is 13.1 Å². The van der Waals surface area contributed by atoms with Crippen LogP contribution in [0.15, 0.2) is 27.1 Å². The lowest BCUT2D eigenvalue weighted by Crippen LogP contribution is -2.45. The molecule has 1 N–H and O–H groups in total. The van der Waals surface area contributed by atoms with Crippen LogP contribution in [0, 0.1) is 12.8 Å². The maximum absolute atomic E-state index is 12.6. The molecule has 1 aliphatic heterocycles. The van der Waals surface area contributed by atoms with E-state index in [9.17, 15) is 9.90 Å². The van der Waals surface area contributed by atoms with E-state index in [4.69, 9.17) is 4.42 Å². The summed E-state index contributed by atoms with van der Waals surface area (Å²) in [7, 11) is 0. The van der Waals surface area contributed by atoms with E-state index in [0.717, 1.165) is 21.8 Å². The summed E-state index contributed by atoms with van der Waals surface area (Å²) in [5, 5.41) is 10.9. The molecule has 1 aliphatic rings. The Labute approximate surface area is 131 Å². The molecular weight excluding hydrogens is 334 g/mol. The number of piperidine rings is 1. The van der Waals surface area contributed by atoms with Crippen molar-refractivity contribution in [3.05, 3.63) is 34.0 Å². The second-order valence-electron chi connectivity index (χ2n) is 5.78. The highest BCUT2D eigenvalue weighted by Crippen LogP contribution is 2.29. The number of carbonyl (C=O) groups excluding carboxylic acids is 1. The Kier molecular flexibility index (Phi) is 3.80. The molecule has 1 aromatic carbocycles. The maximum Gasteiger partial charge on any atom is 0.289 e. The summed E-state index contributed by atoms with van der Waals surface area (Å²) in [6.45, 7) is 4.95. The van der Waals surface area contributed by atoms with E-state index in [2.05, 4.69) is 15.9 Å². The smallest absolute Gasteiger partial charge is 0.289 e. The molecular formula is C16H18BrNO3. The highest BCUT2D eigenvalue weighted by molar-refractivity contribution is 9.10. The van der Waals surface area contributed by atoms with Crippen LogP contribution in [0.2, 0.25) is 0 Å². The number of aliphatic hydroxyl groups is 1. The molecule has 5 heteroatoms. The first-order valence-corrected chi connectivity index (χ1v) is 7.92. The highest BCUT2D eigenvalue weighted by Gasteiger charge is 2.30. The lowest BCUT2D eigenvalue weighted by Gasteiger charge is -2.33. The fraction of sp³-hybridized carbons (Fsp3) is 0.438. The van der Waals surface area contributed by atoms with Crippen LogP contribution in [0.5, 0.6) is 0 Å². The van der Waals surface area contributed by atoms with E-state index in [1.54, 1.807) is 4.90 Å². The van der Waals surface area contributed by atoms with E-state index in [1.807, 2.05) is 32.0 Å². The van der Waals surface area contributed by atoms with Gasteiger partial charge >= 0.3 is 0 Å². The van der Waals surface area contributed by atoms with Crippen molar-refractivity contribution in [2.24, 2.45) is 5.92 Å². The molecule has 1 amide bonds. The van der Waals surface area contributed by atoms with Gasteiger partial charge in [0, 0.05) is 28.5 Å². The number of carbonyl (C=O) groups is 1. The van der Waals surface area contributed by atoms with Crippen molar-refractivity contribution >= 4 is 32.8 Å². The minimum Gasteiger partial charge on any atom is -0.451 e. The average molecular weight is 352 g/mol. The van der Waals surface area contributed by atoms with Gasteiger partial charge in [-0.05, 0) is 37.5 Å². The molecule has 4 nitrogen and oxygen atoms in total. The fourth-order valence-electron chi connectivity index (χ4n) is 2.77. The summed E-state index contributed by atoms with van der Waals surface area (Å²) in [5.74, 6) is 0.484. The Bertz CT molecular complexity index is 694. The topological polar surface area (TPSA) is 53.7 Å². The Morgan fingerprint density at radius 3 is 2.95 bits per heavy atom. The molecule has 0 saturated carbocycles. The zero-order valence-corrected chi connectivity index (χ0v) is 13.7. The van der Waals surface area contributed by atoms with E-state index >= 15 is 0 Å². The first-order chi connectivity index (χ1) is 9.97. The molecule has 1 saturated heterocycles. The number of nitrogens with zero attached hydrogens (tertiary/aromatic N) is 1. The lowest BCUT2D eigenvalue weighted by atomic mass is 9.96. The third kappa shape index (κ3) is 2.60. The number of hydrogen-bond acceptors (Lipinski definition) is 3. The quantitative estimate of drug-likeness (QED) is 0.856. The summed E-state index contributed by atoms with van der Waals surface area (Å²) in [6.07, 6.45) is 0.360. The van der Waals surface area contributed by atoms with Crippen molar-refractivity contribution in [3.63, 3.8) is 0 Å². The zero-order valence-electron chi connectivity index (χ0n) is 12.1. The number of β-amino-alcohol motifs (C(OH)–C–C–N with tert-alkyl or cyclic N) is 1. The Morgan fingerprint density at radius 1 is 1.48 bits per heavy atom. The zero-order chi connectivity index (χ0) is 15.1. The summed E-state index contributed by atoms with van der Waals surface area (Å²) >= 11 is 3.43. The van der Waals surface area contributed by atoms with Crippen LogP contribution in [0.3, 0.4) is 0 Å². The molecule has 2 heterocycles. The number of benzene rings is 1. The Morgan fingerprint density at radius 2 is 2.24 bits per heavy atom. The average Bonchev–Trinajstić information content (AvgIpc) is 2.78. The van der Waals surface area contributed by atoms with Crippen LogP contribution in [0.25, 0.3) is 11.0 Å². The number of hydrogen-bond donors (Lipinski definition) is 1. The summed E-state index contributed by atoms with van der Waals surface area (Å²) in [6, 6.07) is 5.71. The van der Waals surface area contributed by atoms with Crippen LogP contribution in [0.4, 0.5) is 0 Å². The van der Waals surface area contributed by atoms with Gasteiger partial charge < -0.3 is 14.4 Å². The number of aryl methyl sites for hydroxylation is 1. The second kappa shape index (κ2) is 5.46. The van der Waals surface area contributed by atoms with E-state index in [0.29, 0.717) is 24.4 Å². The van der Waals surface area contributed by atoms with Crippen LogP contribution in [-0.2, 0) is 0 Å². The number of rotatable bonds is 1. The van der Waals surface area contributed by atoms with E-state index < -0.39 is 6.10 Å². The van der Waals surface area contributed by atoms with Gasteiger partial charge in [-0.3, -0.25) is 4.79 Å². The van der Waals surface area contributed by atoms with Gasteiger partial charge in [0.05, 0.1) is 6.10 Å². The molecule has 0 radical (unpaired) electrons. The van der Waals surface area contributed by atoms with E-state index in [-0.39, 0.29) is 11.8 Å². The molecule has 2 unspecified atom stereocenters. The molecule has 1 fully saturated rings. The molecule has 3 rings (SSSR count). The van der Waals surface area contributed by atoms with Gasteiger partial charge in [0.1, 0.15) is 5.58 Å². The number of aliphatic hydroxyl groups excluding tert-OH is 1. The Balaban J connectivity index is 1.93. The summed E-state index contributed by atoms with van der Waals surface area (Å²) < 4.78 is 6.70. The first kappa shape index (κ1) is 14.6. The van der Waals surface area contributed by atoms with Gasteiger partial charge in [-0.1, -0.05) is 22.9 Å². The van der Waals surface area contributed by atoms with Crippen molar-refractivity contribution < 1.29 is 14.3 Å². The summed E-state index contributed by atoms with van der Waals surface area (Å²) in [5.41, 5.74) is 1.56. The molecule has 0 spiro atoms. The van der Waals surface area contributed by atoms with Gasteiger partial charge in [-0.25, -0.2) is 0 Å². The third-order valence-electron chi connectivity index (χ3n) is 4.30. The van der Waals surface area contributed by atoms with Crippen molar-refractivity contribution in [2.45, 2.75) is 26.4 Å². The number of halogens is 1. The Hall–Kier alpha value is -1.33. The monoisotopic (exact) mass is 351 g/mol. The molecule has 112 valence electrons. The second-order valence-corrected chi connectivity index (χ2v) is 6.70. The standard InChI is InChI=1S/C16H18BrNO3/c1-9-5-6-18(8-13(9)19)16(20)15-10(2)12-7-11(17)3-4-14(12)21-15/h3-4,7,9,13,19H,5-6,8H2,1-2H3. The van der Waals surface area contributed by atoms with Crippen LogP contribution < -0.4 is 0 Å². The largest absolute Gasteiger partial charge is 0.451 e. The van der Waals surface area contributed by atoms with Crippen LogP contribution in [-0.4, -0.2) is 35.1 Å². The SMILES string of the molecule is Cc1c(C(=O)N2CCC(C)C(O)C2)oc2ccc(Br)cc12. The fourth-order valence-corrected chi connectivity index (χ4v) is 3.14. The van der Waals surface area contributed by atoms with Crippen molar-refractivity contribution in [1.29, 1.82) is 0 Å². The van der Waals surface area contributed by atoms with Crippen molar-refractivity contribution in [3.8, 4) is 0 Å². The number of furan rings is 1. The first-order valence-electron chi connectivity index (χ1n) is 7.13. The van der Waals surface area contributed by atoms with Gasteiger partial charge in [-0.2, -0.15) is 0 Å². The molecule has 2 aromatic rings. The normalized spacial score (nSPS) is 22.8. The molecule has 21 heavy (non-hydrogen) atoms. The van der Waals surface area contributed by atoms with E-state index in [1.165, 1.54) is 0 Å². The summed E-state index contributed by atoms with van der Waals surface area (Å²) in [4.78, 5) is 14.3. The number of fused-ring (bicyclic) bond motifs is 1. The lowest BCUT2D eigenvalue weighted by molar-refractivity contribution is 0.0231. The number of likely N-dealkylation sites (tertiary alicyclic amines) is 1. The van der Waals surface area contributed by atoms with Crippen LogP contribution >= 0.6 is 15.9 Å². The molecule has 0 bridgehead atoms. The maximum atomic E-state index is 12.6. The predicted octanol–water partition coefficient (Wildman–Crippen LogP) is 3.35. The molecule has 1 aromatic heterocycles. The highest BCUT2D eigenvalue weighted by atomic mass is 79.9. The van der Waals surface area contributed by atoms with Gasteiger partial charge in [-0.15, -0.1) is 0 Å². The molecule has 2 atom stereocenters. The minimum atomic E-state index is -0.457. The van der Waals surface area contributed by atoms with Gasteiger partial charge in [0.25, 0.3) is 5.91 Å². The number of amides is 1. The predicted molar refractivity (Wildman–Crippen MR) is 84.3 cm³/mol. The van der Waals surface area contributed by atoms with Gasteiger partial charge in [0.15, 0.2) is 5.76 Å². The minimum absolute atomic E-state index is 0.134. The third-order valence-corrected chi connectivity index (χ3v) is 4.79. The molecule has 0 aliphatic carbocycles.